The molecule has 0 saturated heterocycles. The van der Waals surface area contributed by atoms with E-state index in [4.69, 9.17) is 4.74 Å². The molecule has 0 aliphatic heterocycles. The molecular weight excluding hydrogens is 344 g/mol. The Morgan fingerprint density at radius 3 is 2.41 bits per heavy atom. The lowest BCUT2D eigenvalue weighted by molar-refractivity contribution is 0.407. The first-order valence-electron chi connectivity index (χ1n) is 5.93. The average Bonchev–Trinajstić information content (AvgIpc) is 2.28. The van der Waals surface area contributed by atoms with E-state index >= 15 is 0 Å². The monoisotopic (exact) mass is 362 g/mol. The Labute approximate surface area is 121 Å². The molecule has 17 heavy (non-hydrogen) atoms. The maximum Gasteiger partial charge on any atom is 0.123 e. The molecule has 96 valence electrons. The molecule has 1 rings (SSSR count). The number of rotatable bonds is 5. The zero-order valence-corrected chi connectivity index (χ0v) is 14.1. The van der Waals surface area contributed by atoms with Gasteiger partial charge in [-0.25, -0.2) is 0 Å². The van der Waals surface area contributed by atoms with Crippen LogP contribution in [0.5, 0.6) is 5.75 Å². The van der Waals surface area contributed by atoms with Crippen LogP contribution in [-0.4, -0.2) is 7.11 Å². The van der Waals surface area contributed by atoms with E-state index in [-0.39, 0.29) is 0 Å². The number of aryl methyl sites for hydroxylation is 1. The molecule has 3 heteroatoms. The number of alkyl halides is 1. The van der Waals surface area contributed by atoms with E-state index in [0.717, 1.165) is 22.6 Å². The Morgan fingerprint density at radius 1 is 1.24 bits per heavy atom. The fourth-order valence-electron chi connectivity index (χ4n) is 1.73. The molecule has 0 aromatic heterocycles. The quantitative estimate of drug-likeness (QED) is 0.615. The standard InChI is InChI=1S/C14H20Br2O/c1-9(2)5-6-12(15)11-8-13(16)10(3)7-14(11)17-4/h7-9,12H,5-6H2,1-4H3. The molecule has 0 fully saturated rings. The molecule has 0 aliphatic rings. The van der Waals surface area contributed by atoms with Crippen molar-refractivity contribution in [3.63, 3.8) is 0 Å². The lowest BCUT2D eigenvalue weighted by Crippen LogP contribution is -1.98. The van der Waals surface area contributed by atoms with E-state index < -0.39 is 0 Å². The number of methoxy groups -OCH3 is 1. The molecule has 0 N–H and O–H groups in total. The molecule has 1 unspecified atom stereocenters. The lowest BCUT2D eigenvalue weighted by atomic mass is 10.0. The first kappa shape index (κ1) is 15.0. The summed E-state index contributed by atoms with van der Waals surface area (Å²) in [5.41, 5.74) is 2.43. The summed E-state index contributed by atoms with van der Waals surface area (Å²) in [5.74, 6) is 1.70. The van der Waals surface area contributed by atoms with Gasteiger partial charge in [0, 0.05) is 14.9 Å². The van der Waals surface area contributed by atoms with Crippen molar-refractivity contribution in [1.82, 2.24) is 0 Å². The maximum absolute atomic E-state index is 5.46. The molecular formula is C14H20Br2O. The molecule has 1 nitrogen and oxygen atoms in total. The average molecular weight is 364 g/mol. The van der Waals surface area contributed by atoms with Gasteiger partial charge in [-0.05, 0) is 43.4 Å². The van der Waals surface area contributed by atoms with Crippen molar-refractivity contribution in [2.24, 2.45) is 5.92 Å². The van der Waals surface area contributed by atoms with Gasteiger partial charge < -0.3 is 4.74 Å². The molecule has 1 atom stereocenters. The smallest absolute Gasteiger partial charge is 0.123 e. The zero-order chi connectivity index (χ0) is 13.0. The number of benzene rings is 1. The Bertz CT molecular complexity index is 375. The minimum Gasteiger partial charge on any atom is -0.496 e. The molecule has 0 saturated carbocycles. The summed E-state index contributed by atoms with van der Waals surface area (Å²) in [6.45, 7) is 6.58. The van der Waals surface area contributed by atoms with Gasteiger partial charge in [0.1, 0.15) is 5.75 Å². The maximum atomic E-state index is 5.46. The summed E-state index contributed by atoms with van der Waals surface area (Å²) < 4.78 is 6.60. The minimum atomic E-state index is 0.358. The summed E-state index contributed by atoms with van der Waals surface area (Å²) in [4.78, 5) is 0.358. The Hall–Kier alpha value is -0.0200. The molecule has 0 spiro atoms. The highest BCUT2D eigenvalue weighted by Gasteiger charge is 2.15. The topological polar surface area (TPSA) is 9.23 Å². The number of ether oxygens (including phenoxy) is 1. The second kappa shape index (κ2) is 6.79. The van der Waals surface area contributed by atoms with Gasteiger partial charge in [-0.1, -0.05) is 45.7 Å². The molecule has 0 heterocycles. The SMILES string of the molecule is COc1cc(C)c(Br)cc1C(Br)CCC(C)C. The second-order valence-electron chi connectivity index (χ2n) is 4.78. The second-order valence-corrected chi connectivity index (χ2v) is 6.74. The first-order chi connectivity index (χ1) is 7.95. The third-order valence-corrected chi connectivity index (χ3v) is 4.65. The number of halogens is 2. The molecule has 0 aliphatic carbocycles. The van der Waals surface area contributed by atoms with Gasteiger partial charge in [0.05, 0.1) is 7.11 Å². The van der Waals surface area contributed by atoms with Crippen molar-refractivity contribution >= 4 is 31.9 Å². The molecule has 1 aromatic rings. The number of hydrogen-bond donors (Lipinski definition) is 0. The Morgan fingerprint density at radius 2 is 1.88 bits per heavy atom. The highest BCUT2D eigenvalue weighted by Crippen LogP contribution is 2.38. The van der Waals surface area contributed by atoms with Gasteiger partial charge >= 0.3 is 0 Å². The van der Waals surface area contributed by atoms with Crippen molar-refractivity contribution in [3.8, 4) is 5.75 Å². The molecule has 0 bridgehead atoms. The van der Waals surface area contributed by atoms with Gasteiger partial charge in [-0.2, -0.15) is 0 Å². The van der Waals surface area contributed by atoms with E-state index in [2.05, 4.69) is 64.8 Å². The van der Waals surface area contributed by atoms with Crippen molar-refractivity contribution in [1.29, 1.82) is 0 Å². The van der Waals surface area contributed by atoms with Crippen molar-refractivity contribution in [3.05, 3.63) is 27.7 Å². The Balaban J connectivity index is 2.91. The van der Waals surface area contributed by atoms with E-state index in [9.17, 15) is 0 Å². The molecule has 1 aromatic carbocycles. The van der Waals surface area contributed by atoms with Crippen molar-refractivity contribution in [2.45, 2.75) is 38.4 Å². The normalized spacial score (nSPS) is 12.9. The van der Waals surface area contributed by atoms with Crippen LogP contribution < -0.4 is 4.74 Å². The van der Waals surface area contributed by atoms with Crippen LogP contribution in [0.2, 0.25) is 0 Å². The van der Waals surface area contributed by atoms with Gasteiger partial charge in [0.2, 0.25) is 0 Å². The summed E-state index contributed by atoms with van der Waals surface area (Å²) >= 11 is 7.35. The third kappa shape index (κ3) is 4.29. The van der Waals surface area contributed by atoms with Crippen LogP contribution in [0.15, 0.2) is 16.6 Å². The first-order valence-corrected chi connectivity index (χ1v) is 7.64. The van der Waals surface area contributed by atoms with Gasteiger partial charge in [-0.3, -0.25) is 0 Å². The van der Waals surface area contributed by atoms with Crippen molar-refractivity contribution in [2.75, 3.05) is 7.11 Å². The predicted octanol–water partition coefficient (Wildman–Crippen LogP) is 5.64. The van der Waals surface area contributed by atoms with Crippen LogP contribution in [0.25, 0.3) is 0 Å². The summed E-state index contributed by atoms with van der Waals surface area (Å²) in [5, 5.41) is 0. The third-order valence-electron chi connectivity index (χ3n) is 2.85. The number of hydrogen-bond acceptors (Lipinski definition) is 1. The zero-order valence-electron chi connectivity index (χ0n) is 10.9. The fraction of sp³-hybridized carbons (Fsp3) is 0.571. The van der Waals surface area contributed by atoms with E-state index in [1.54, 1.807) is 7.11 Å². The largest absolute Gasteiger partial charge is 0.496 e. The van der Waals surface area contributed by atoms with E-state index in [0.29, 0.717) is 4.83 Å². The van der Waals surface area contributed by atoms with Gasteiger partial charge in [-0.15, -0.1) is 0 Å². The van der Waals surface area contributed by atoms with E-state index in [1.807, 2.05) is 0 Å². The lowest BCUT2D eigenvalue weighted by Gasteiger charge is -2.17. The Kier molecular flexibility index (Phi) is 6.01. The van der Waals surface area contributed by atoms with Crippen LogP contribution in [0.1, 0.15) is 42.6 Å². The minimum absolute atomic E-state index is 0.358. The van der Waals surface area contributed by atoms with Crippen LogP contribution in [0.3, 0.4) is 0 Å². The summed E-state index contributed by atoms with van der Waals surface area (Å²) in [6.07, 6.45) is 2.34. The molecule has 0 amide bonds. The van der Waals surface area contributed by atoms with Crippen LogP contribution in [0, 0.1) is 12.8 Å². The fourth-order valence-corrected chi connectivity index (χ4v) is 2.71. The summed E-state index contributed by atoms with van der Waals surface area (Å²) in [7, 11) is 1.73. The van der Waals surface area contributed by atoms with Gasteiger partial charge in [0.15, 0.2) is 0 Å². The predicted molar refractivity (Wildman–Crippen MR) is 81.2 cm³/mol. The van der Waals surface area contributed by atoms with Gasteiger partial charge in [0.25, 0.3) is 0 Å². The van der Waals surface area contributed by atoms with E-state index in [1.165, 1.54) is 17.5 Å². The highest BCUT2D eigenvalue weighted by atomic mass is 79.9. The highest BCUT2D eigenvalue weighted by molar-refractivity contribution is 9.10. The molecule has 0 radical (unpaired) electrons. The van der Waals surface area contributed by atoms with Crippen LogP contribution >= 0.6 is 31.9 Å². The van der Waals surface area contributed by atoms with Crippen LogP contribution in [0.4, 0.5) is 0 Å². The van der Waals surface area contributed by atoms with Crippen molar-refractivity contribution < 1.29 is 4.74 Å². The van der Waals surface area contributed by atoms with Crippen LogP contribution in [-0.2, 0) is 0 Å². The summed E-state index contributed by atoms with van der Waals surface area (Å²) in [6, 6.07) is 4.25.